The minimum Gasteiger partial charge on any atom is -0.370 e. The van der Waals surface area contributed by atoms with E-state index < -0.39 is 77.6 Å². The monoisotopic (exact) mass is 877 g/mol. The van der Waals surface area contributed by atoms with Crippen LogP contribution in [0.2, 0.25) is 0 Å². The van der Waals surface area contributed by atoms with Crippen LogP contribution in [0.4, 0.5) is 0 Å². The molecule has 3 heterocycles. The molecule has 0 radical (unpaired) electrons. The van der Waals surface area contributed by atoms with Gasteiger partial charge < -0.3 is 53.7 Å². The highest BCUT2D eigenvalue weighted by atomic mass is 16.2. The van der Waals surface area contributed by atoms with Gasteiger partial charge in [-0.25, -0.2) is 0 Å². The van der Waals surface area contributed by atoms with Gasteiger partial charge in [-0.2, -0.15) is 0 Å². The predicted molar refractivity (Wildman–Crippen MR) is 242 cm³/mol. The van der Waals surface area contributed by atoms with E-state index in [1.165, 1.54) is 4.90 Å². The van der Waals surface area contributed by atoms with Crippen molar-refractivity contribution >= 4 is 69.0 Å². The first kappa shape index (κ1) is 46.5. The Morgan fingerprint density at radius 3 is 2.16 bits per heavy atom. The number of H-pyrrole nitrogens is 1. The average Bonchev–Trinajstić information content (AvgIpc) is 3.94. The van der Waals surface area contributed by atoms with E-state index in [2.05, 4.69) is 36.6 Å². The maximum absolute atomic E-state index is 14.6. The van der Waals surface area contributed by atoms with Gasteiger partial charge in [0.1, 0.15) is 36.3 Å². The minimum absolute atomic E-state index is 0.0233. The lowest BCUT2D eigenvalue weighted by atomic mass is 9.99. The standard InChI is InChI=1S/C46H59N11O7/c1-2-3-13-35-45(64)57-22-9-16-38(57)44(63)56-36(24-27-17-18-28-10-4-5-11-29(28)23-27)42(61)54-34(15-8-21-50-46(48)49)41(60)55-37(25-30-26-51-32-14-7-6-12-31(30)32)43(62)53-33(40(47)59)19-20-39(58)52-35/h4-7,10-12,14,17-18,23,26,33-38,51H,2-3,8-9,13,15-16,19-22,24-25H2,1H3,(H2,47,59)(H,52,58)(H,53,62)(H,54,61)(H,55,60)(H,56,63)(H4,48,49,50)/t33-,34-,35-,36+,37-,38-/m0/s1. The van der Waals surface area contributed by atoms with Crippen LogP contribution in [-0.4, -0.2) is 107 Å². The summed E-state index contributed by atoms with van der Waals surface area (Å²) in [6.07, 6.45) is 3.96. The maximum Gasteiger partial charge on any atom is 0.245 e. The second-order valence-corrected chi connectivity index (χ2v) is 16.5. The quantitative estimate of drug-likeness (QED) is 0.0558. The summed E-state index contributed by atoms with van der Waals surface area (Å²) in [6, 6.07) is 13.8. The van der Waals surface area contributed by atoms with Gasteiger partial charge in [0.25, 0.3) is 0 Å². The van der Waals surface area contributed by atoms with Gasteiger partial charge in [0, 0.05) is 49.5 Å². The van der Waals surface area contributed by atoms with Crippen LogP contribution in [0.3, 0.4) is 0 Å². The van der Waals surface area contributed by atoms with Crippen molar-refractivity contribution in [2.45, 2.75) is 114 Å². The minimum atomic E-state index is -1.33. The Kier molecular flexibility index (Phi) is 15.9. The van der Waals surface area contributed by atoms with E-state index in [1.54, 1.807) is 6.20 Å². The average molecular weight is 878 g/mol. The zero-order valence-electron chi connectivity index (χ0n) is 36.1. The Morgan fingerprint density at radius 2 is 1.39 bits per heavy atom. The molecule has 0 aliphatic carbocycles. The third-order valence-electron chi connectivity index (χ3n) is 11.8. The number of nitrogens with two attached hydrogens (primary N) is 3. The van der Waals surface area contributed by atoms with Crippen LogP contribution >= 0.6 is 0 Å². The molecule has 3 aromatic carbocycles. The fourth-order valence-electron chi connectivity index (χ4n) is 8.39. The molecule has 12 N–H and O–H groups in total. The molecule has 2 aliphatic heterocycles. The number of benzene rings is 3. The highest BCUT2D eigenvalue weighted by Gasteiger charge is 2.40. The lowest BCUT2D eigenvalue weighted by molar-refractivity contribution is -0.142. The number of carbonyl (C=O) groups is 7. The van der Waals surface area contributed by atoms with Crippen molar-refractivity contribution < 1.29 is 33.6 Å². The van der Waals surface area contributed by atoms with Crippen LogP contribution in [0.5, 0.6) is 0 Å². The normalized spacial score (nSPS) is 23.0. The molecule has 18 nitrogen and oxygen atoms in total. The fraction of sp³-hybridized carbons (Fsp3) is 0.435. The van der Waals surface area contributed by atoms with Crippen molar-refractivity contribution in [1.29, 1.82) is 0 Å². The van der Waals surface area contributed by atoms with E-state index in [-0.39, 0.29) is 57.6 Å². The summed E-state index contributed by atoms with van der Waals surface area (Å²) in [5.41, 5.74) is 19.1. The Bertz CT molecular complexity index is 2380. The van der Waals surface area contributed by atoms with Crippen LogP contribution in [-0.2, 0) is 46.4 Å². The molecule has 2 saturated heterocycles. The number of nitrogens with zero attached hydrogens (tertiary/aromatic N) is 2. The van der Waals surface area contributed by atoms with Gasteiger partial charge in [0.15, 0.2) is 5.96 Å². The summed E-state index contributed by atoms with van der Waals surface area (Å²) in [5.74, 6) is -4.80. The van der Waals surface area contributed by atoms with Gasteiger partial charge in [-0.05, 0) is 66.5 Å². The van der Waals surface area contributed by atoms with Crippen LogP contribution in [0, 0.1) is 0 Å². The Balaban J connectivity index is 1.38. The molecule has 2 fully saturated rings. The molecule has 6 rings (SSSR count). The van der Waals surface area contributed by atoms with E-state index in [0.29, 0.717) is 31.2 Å². The summed E-state index contributed by atoms with van der Waals surface area (Å²) in [6.45, 7) is 2.33. The largest absolute Gasteiger partial charge is 0.370 e. The molecule has 4 aromatic rings. The van der Waals surface area contributed by atoms with Gasteiger partial charge in [0.05, 0.1) is 0 Å². The number of aromatic nitrogens is 1. The summed E-state index contributed by atoms with van der Waals surface area (Å²) in [5, 5.41) is 16.7. The van der Waals surface area contributed by atoms with E-state index in [0.717, 1.165) is 33.7 Å². The number of para-hydroxylation sites is 1. The van der Waals surface area contributed by atoms with E-state index in [1.807, 2.05) is 73.7 Å². The van der Waals surface area contributed by atoms with E-state index in [4.69, 9.17) is 17.2 Å². The molecule has 18 heteroatoms. The van der Waals surface area contributed by atoms with Gasteiger partial charge in [0.2, 0.25) is 41.4 Å². The number of hydrogen-bond acceptors (Lipinski definition) is 8. The molecular formula is C46H59N11O7. The maximum atomic E-state index is 14.6. The van der Waals surface area contributed by atoms with Crippen molar-refractivity contribution in [3.05, 3.63) is 84.1 Å². The smallest absolute Gasteiger partial charge is 0.245 e. The van der Waals surface area contributed by atoms with Gasteiger partial charge in [-0.1, -0.05) is 80.4 Å². The van der Waals surface area contributed by atoms with Crippen molar-refractivity contribution in [3.63, 3.8) is 0 Å². The predicted octanol–water partition coefficient (Wildman–Crippen LogP) is 1.04. The Hall–Kier alpha value is -6.98. The molecule has 0 bridgehead atoms. The molecule has 64 heavy (non-hydrogen) atoms. The molecule has 6 atom stereocenters. The van der Waals surface area contributed by atoms with Crippen molar-refractivity contribution in [1.82, 2.24) is 36.5 Å². The number of carbonyl (C=O) groups excluding carboxylic acids is 7. The zero-order valence-corrected chi connectivity index (χ0v) is 36.1. The second kappa shape index (κ2) is 21.9. The SMILES string of the molecule is CCCC[C@@H]1NC(=O)CC[C@@H](C(N)=O)NC(=O)[C@H](Cc2c[nH]c3ccccc23)NC(=O)[C@H](CCCN=C(N)N)NC(=O)[C@@H](Cc2ccc3ccccc3c2)NC(=O)[C@@H]2CCCN2C1=O. The number of aromatic amines is 1. The van der Waals surface area contributed by atoms with Gasteiger partial charge in [-0.15, -0.1) is 0 Å². The van der Waals surface area contributed by atoms with Crippen LogP contribution in [0.1, 0.15) is 75.8 Å². The molecule has 2 aliphatic rings. The first-order valence-electron chi connectivity index (χ1n) is 22.0. The Morgan fingerprint density at radius 1 is 0.719 bits per heavy atom. The summed E-state index contributed by atoms with van der Waals surface area (Å²) < 4.78 is 0. The molecule has 0 spiro atoms. The molecule has 1 aromatic heterocycles. The number of nitrogens with one attached hydrogen (secondary N) is 6. The number of hydrogen-bond donors (Lipinski definition) is 9. The topological polar surface area (TPSA) is 289 Å². The first-order chi connectivity index (χ1) is 30.8. The number of amides is 7. The molecule has 0 unspecified atom stereocenters. The third-order valence-corrected chi connectivity index (χ3v) is 11.8. The number of guanidine groups is 1. The van der Waals surface area contributed by atoms with E-state index >= 15 is 0 Å². The van der Waals surface area contributed by atoms with Crippen molar-refractivity contribution in [3.8, 4) is 0 Å². The summed E-state index contributed by atoms with van der Waals surface area (Å²) in [4.78, 5) is 107. The third kappa shape index (κ3) is 12.1. The van der Waals surface area contributed by atoms with Gasteiger partial charge >= 0.3 is 0 Å². The van der Waals surface area contributed by atoms with Crippen molar-refractivity contribution in [2.24, 2.45) is 22.2 Å². The van der Waals surface area contributed by atoms with Gasteiger partial charge in [-0.3, -0.25) is 38.6 Å². The van der Waals surface area contributed by atoms with E-state index in [9.17, 15) is 33.6 Å². The highest BCUT2D eigenvalue weighted by molar-refractivity contribution is 5.98. The van der Waals surface area contributed by atoms with Crippen molar-refractivity contribution in [2.75, 3.05) is 13.1 Å². The summed E-state index contributed by atoms with van der Waals surface area (Å²) in [7, 11) is 0. The Labute approximate surface area is 371 Å². The number of unbranched alkanes of at least 4 members (excludes halogenated alkanes) is 1. The molecule has 0 saturated carbocycles. The number of rotatable bonds is 12. The lowest BCUT2D eigenvalue weighted by Gasteiger charge is -2.31. The number of fused-ring (bicyclic) bond motifs is 3. The number of primary amides is 1. The fourth-order valence-corrected chi connectivity index (χ4v) is 8.39. The highest BCUT2D eigenvalue weighted by Crippen LogP contribution is 2.23. The molecule has 340 valence electrons. The molecular weight excluding hydrogens is 819 g/mol. The zero-order chi connectivity index (χ0) is 45.8. The second-order valence-electron chi connectivity index (χ2n) is 16.5. The number of aliphatic imine (C=N–C) groups is 1. The first-order valence-corrected chi connectivity index (χ1v) is 22.0. The lowest BCUT2D eigenvalue weighted by Crippen LogP contribution is -2.60. The van der Waals surface area contributed by atoms with Crippen LogP contribution in [0.15, 0.2) is 77.9 Å². The molecule has 7 amide bonds. The summed E-state index contributed by atoms with van der Waals surface area (Å²) >= 11 is 0. The van der Waals surface area contributed by atoms with Crippen LogP contribution in [0.25, 0.3) is 21.7 Å². The van der Waals surface area contributed by atoms with Crippen LogP contribution < -0.4 is 43.8 Å².